The zero-order valence-electron chi connectivity index (χ0n) is 9.64. The zero-order chi connectivity index (χ0) is 12.6. The van der Waals surface area contributed by atoms with E-state index in [1.54, 1.807) is 19.1 Å². The molecule has 3 atom stereocenters. The van der Waals surface area contributed by atoms with Gasteiger partial charge in [0.05, 0.1) is 5.25 Å². The van der Waals surface area contributed by atoms with Gasteiger partial charge in [0.2, 0.25) is 0 Å². The van der Waals surface area contributed by atoms with Gasteiger partial charge in [0, 0.05) is 11.7 Å². The highest BCUT2D eigenvalue weighted by Gasteiger charge is 2.56. The van der Waals surface area contributed by atoms with E-state index in [1.165, 1.54) is 12.1 Å². The summed E-state index contributed by atoms with van der Waals surface area (Å²) in [4.78, 5) is 0. The van der Waals surface area contributed by atoms with Gasteiger partial charge < -0.3 is 5.73 Å². The molecule has 0 spiro atoms. The van der Waals surface area contributed by atoms with E-state index < -0.39 is 15.1 Å². The van der Waals surface area contributed by atoms with Crippen LogP contribution < -0.4 is 5.73 Å². The lowest BCUT2D eigenvalue weighted by Crippen LogP contribution is -2.15. The molecule has 1 saturated carbocycles. The molecule has 3 nitrogen and oxygen atoms in total. The number of hydrogen-bond acceptors (Lipinski definition) is 3. The van der Waals surface area contributed by atoms with E-state index in [0.717, 1.165) is 5.56 Å². The fourth-order valence-electron chi connectivity index (χ4n) is 2.46. The minimum atomic E-state index is -3.10. The molecule has 17 heavy (non-hydrogen) atoms. The summed E-state index contributed by atoms with van der Waals surface area (Å²) in [5, 5.41) is -0.431. The molecule has 2 N–H and O–H groups in total. The van der Waals surface area contributed by atoms with Gasteiger partial charge in [-0.05, 0) is 30.2 Å². The summed E-state index contributed by atoms with van der Waals surface area (Å²) >= 11 is 0. The van der Waals surface area contributed by atoms with Crippen molar-refractivity contribution in [3.05, 3.63) is 35.6 Å². The van der Waals surface area contributed by atoms with Crippen molar-refractivity contribution < 1.29 is 12.8 Å². The third-order valence-electron chi connectivity index (χ3n) is 3.42. The molecule has 1 aromatic carbocycles. The zero-order valence-corrected chi connectivity index (χ0v) is 10.5. The van der Waals surface area contributed by atoms with Crippen LogP contribution in [-0.2, 0) is 9.84 Å². The van der Waals surface area contributed by atoms with E-state index in [1.807, 2.05) is 0 Å². The predicted molar refractivity (Wildman–Crippen MR) is 64.9 cm³/mol. The van der Waals surface area contributed by atoms with Crippen molar-refractivity contribution in [1.29, 1.82) is 0 Å². The largest absolute Gasteiger partial charge is 0.330 e. The maximum atomic E-state index is 13.1. The lowest BCUT2D eigenvalue weighted by atomic mass is 10.1. The van der Waals surface area contributed by atoms with Gasteiger partial charge in [-0.1, -0.05) is 19.1 Å². The van der Waals surface area contributed by atoms with Gasteiger partial charge in [0.1, 0.15) is 5.82 Å². The van der Waals surface area contributed by atoms with Gasteiger partial charge in [0.25, 0.3) is 0 Å². The first kappa shape index (κ1) is 12.5. The van der Waals surface area contributed by atoms with Gasteiger partial charge >= 0.3 is 0 Å². The van der Waals surface area contributed by atoms with Crippen molar-refractivity contribution in [2.24, 2.45) is 11.7 Å². The summed E-state index contributed by atoms with van der Waals surface area (Å²) < 4.78 is 36.8. The minimum absolute atomic E-state index is 0.0678. The highest BCUT2D eigenvalue weighted by atomic mass is 32.2. The van der Waals surface area contributed by atoms with E-state index in [9.17, 15) is 12.8 Å². The second-order valence-corrected chi connectivity index (χ2v) is 6.84. The van der Waals surface area contributed by atoms with E-state index in [-0.39, 0.29) is 23.4 Å². The average Bonchev–Trinajstić information content (AvgIpc) is 3.04. The van der Waals surface area contributed by atoms with Crippen LogP contribution in [0.4, 0.5) is 4.39 Å². The molecule has 0 heterocycles. The van der Waals surface area contributed by atoms with Crippen molar-refractivity contribution in [2.75, 3.05) is 12.3 Å². The molecule has 1 aliphatic carbocycles. The summed E-state index contributed by atoms with van der Waals surface area (Å²) in [5.74, 6) is -0.430. The molecule has 0 aliphatic heterocycles. The van der Waals surface area contributed by atoms with Crippen LogP contribution in [0, 0.1) is 11.7 Å². The highest BCUT2D eigenvalue weighted by molar-refractivity contribution is 7.92. The number of nitrogens with two attached hydrogens (primary N) is 1. The maximum Gasteiger partial charge on any atom is 0.153 e. The normalized spacial score (nSPS) is 28.1. The Balaban J connectivity index is 2.29. The van der Waals surface area contributed by atoms with Crippen molar-refractivity contribution in [3.63, 3.8) is 0 Å². The number of benzene rings is 1. The Kier molecular flexibility index (Phi) is 3.23. The summed E-state index contributed by atoms with van der Waals surface area (Å²) in [5.41, 5.74) is 6.32. The Morgan fingerprint density at radius 3 is 2.65 bits per heavy atom. The van der Waals surface area contributed by atoms with Crippen LogP contribution in [-0.4, -0.2) is 26.0 Å². The second kappa shape index (κ2) is 4.38. The molecule has 0 radical (unpaired) electrons. The number of halogens is 1. The van der Waals surface area contributed by atoms with Gasteiger partial charge in [-0.25, -0.2) is 12.8 Å². The molecular formula is C12H16FNO2S. The van der Waals surface area contributed by atoms with Gasteiger partial charge in [-0.15, -0.1) is 0 Å². The van der Waals surface area contributed by atoms with Crippen LogP contribution in [0.5, 0.6) is 0 Å². The SMILES string of the molecule is CCS(=O)(=O)[C@@H]1[C@H](CN)[C@H]1c1cccc(F)c1. The predicted octanol–water partition coefficient (Wildman–Crippen LogP) is 1.30. The number of hydrogen-bond donors (Lipinski definition) is 1. The number of sulfone groups is 1. The maximum absolute atomic E-state index is 13.1. The Morgan fingerprint density at radius 1 is 1.41 bits per heavy atom. The van der Waals surface area contributed by atoms with Crippen LogP contribution in [0.3, 0.4) is 0 Å². The molecule has 0 bridgehead atoms. The van der Waals surface area contributed by atoms with Crippen LogP contribution in [0.1, 0.15) is 18.4 Å². The molecule has 1 fully saturated rings. The van der Waals surface area contributed by atoms with Gasteiger partial charge in [-0.3, -0.25) is 0 Å². The van der Waals surface area contributed by atoms with Crippen LogP contribution >= 0.6 is 0 Å². The molecule has 0 saturated heterocycles. The molecule has 0 unspecified atom stereocenters. The molecule has 1 aromatic rings. The molecule has 0 aromatic heterocycles. The Morgan fingerprint density at radius 2 is 2.12 bits per heavy atom. The summed E-state index contributed by atoms with van der Waals surface area (Å²) in [6.07, 6.45) is 0. The van der Waals surface area contributed by atoms with Crippen LogP contribution in [0.2, 0.25) is 0 Å². The van der Waals surface area contributed by atoms with Gasteiger partial charge in [-0.2, -0.15) is 0 Å². The first-order valence-corrected chi connectivity index (χ1v) is 7.40. The van der Waals surface area contributed by atoms with Crippen LogP contribution in [0.25, 0.3) is 0 Å². The molecular weight excluding hydrogens is 241 g/mol. The average molecular weight is 257 g/mol. The van der Waals surface area contributed by atoms with E-state index in [2.05, 4.69) is 0 Å². The lowest BCUT2D eigenvalue weighted by molar-refractivity contribution is 0.592. The fraction of sp³-hybridized carbons (Fsp3) is 0.500. The standard InChI is InChI=1S/C12H16FNO2S/c1-2-17(15,16)12-10(7-14)11(12)8-4-3-5-9(13)6-8/h3-6,10-12H,2,7,14H2,1H3/t10-,11-,12-/m1/s1. The molecule has 1 aliphatic rings. The summed E-state index contributed by atoms with van der Waals surface area (Å²) in [6, 6.07) is 6.12. The topological polar surface area (TPSA) is 60.2 Å². The Bertz CT molecular complexity index is 515. The van der Waals surface area contributed by atoms with Crippen molar-refractivity contribution >= 4 is 9.84 Å². The number of rotatable bonds is 4. The van der Waals surface area contributed by atoms with Crippen molar-refractivity contribution in [2.45, 2.75) is 18.1 Å². The summed E-state index contributed by atoms with van der Waals surface area (Å²) in [7, 11) is -3.10. The first-order valence-electron chi connectivity index (χ1n) is 5.68. The van der Waals surface area contributed by atoms with Gasteiger partial charge in [0.15, 0.2) is 9.84 Å². The highest BCUT2D eigenvalue weighted by Crippen LogP contribution is 2.51. The first-order chi connectivity index (χ1) is 8.01. The molecule has 0 amide bonds. The lowest BCUT2D eigenvalue weighted by Gasteiger charge is -2.00. The fourth-order valence-corrected chi connectivity index (χ4v) is 4.37. The second-order valence-electron chi connectivity index (χ2n) is 4.40. The minimum Gasteiger partial charge on any atom is -0.330 e. The molecule has 94 valence electrons. The Hall–Kier alpha value is -0.940. The molecule has 2 rings (SSSR count). The smallest absolute Gasteiger partial charge is 0.153 e. The van der Waals surface area contributed by atoms with Crippen molar-refractivity contribution in [3.8, 4) is 0 Å². The Labute approximate surface area is 101 Å². The van der Waals surface area contributed by atoms with E-state index in [0.29, 0.717) is 6.54 Å². The molecule has 5 heteroatoms. The quantitative estimate of drug-likeness (QED) is 0.884. The van der Waals surface area contributed by atoms with E-state index >= 15 is 0 Å². The summed E-state index contributed by atoms with van der Waals surface area (Å²) in [6.45, 7) is 1.95. The third-order valence-corrected chi connectivity index (χ3v) is 5.70. The monoisotopic (exact) mass is 257 g/mol. The van der Waals surface area contributed by atoms with Crippen molar-refractivity contribution in [1.82, 2.24) is 0 Å². The van der Waals surface area contributed by atoms with E-state index in [4.69, 9.17) is 5.73 Å². The third kappa shape index (κ3) is 2.21. The van der Waals surface area contributed by atoms with Crippen LogP contribution in [0.15, 0.2) is 24.3 Å².